The smallest absolute Gasteiger partial charge is 0.307 e. The molecule has 2 heterocycles. The molecule has 0 spiro atoms. The topological polar surface area (TPSA) is 145 Å². The highest BCUT2D eigenvalue weighted by Gasteiger charge is 2.18. The molecule has 0 saturated carbocycles. The molecule has 1 N–H and O–H groups in total. The van der Waals surface area contributed by atoms with Gasteiger partial charge in [0.15, 0.2) is 5.82 Å². The molecule has 1 aromatic carbocycles. The Morgan fingerprint density at radius 2 is 0.852 bits per heavy atom. The second-order valence-corrected chi connectivity index (χ2v) is 23.8. The molecule has 0 aliphatic heterocycles. The summed E-state index contributed by atoms with van der Waals surface area (Å²) in [4.78, 5) is 66.6. The third-order valence-corrected chi connectivity index (χ3v) is 15.8. The van der Waals surface area contributed by atoms with Crippen LogP contribution in [0.3, 0.4) is 0 Å². The lowest BCUT2D eigenvalue weighted by molar-refractivity contribution is -0.145. The minimum atomic E-state index is -0.190. The number of aromatic nitrogens is 3. The van der Waals surface area contributed by atoms with Crippen molar-refractivity contribution in [1.82, 2.24) is 24.3 Å². The molecule has 0 aliphatic rings. The van der Waals surface area contributed by atoms with E-state index in [2.05, 4.69) is 60.4 Å². The molecule has 0 radical (unpaired) electrons. The molecule has 0 saturated heterocycles. The molecule has 1 amide bonds. The van der Waals surface area contributed by atoms with Gasteiger partial charge in [0.2, 0.25) is 5.91 Å². The fourth-order valence-corrected chi connectivity index (χ4v) is 10.9. The van der Waals surface area contributed by atoms with Crippen LogP contribution in [0.2, 0.25) is 0 Å². The van der Waals surface area contributed by atoms with Gasteiger partial charge in [-0.2, -0.15) is 0 Å². The van der Waals surface area contributed by atoms with Gasteiger partial charge in [0, 0.05) is 38.0 Å². The number of carbonyl (C=O) groups is 4. The number of pyridine rings is 1. The molecule has 3 rings (SSSR count). The van der Waals surface area contributed by atoms with Crippen molar-refractivity contribution < 1.29 is 33.4 Å². The second-order valence-electron chi connectivity index (χ2n) is 23.8. The molecule has 0 aliphatic carbocycles. The molecule has 0 unspecified atom stereocenters. The van der Waals surface area contributed by atoms with Crippen molar-refractivity contribution in [3.63, 3.8) is 0 Å². The van der Waals surface area contributed by atoms with Crippen molar-refractivity contribution in [2.24, 2.45) is 5.92 Å². The van der Waals surface area contributed by atoms with Crippen LogP contribution in [-0.4, -0.2) is 107 Å². The first-order chi connectivity index (χ1) is 39.6. The summed E-state index contributed by atoms with van der Waals surface area (Å²) in [5.41, 5.74) is 2.52. The summed E-state index contributed by atoms with van der Waals surface area (Å²) in [6.07, 6.45) is 43.3. The summed E-state index contributed by atoms with van der Waals surface area (Å²) >= 11 is 0. The van der Waals surface area contributed by atoms with E-state index in [0.29, 0.717) is 76.1 Å². The number of nitrogens with one attached hydrogen (secondary N) is 1. The fraction of sp³-hybridized carbons (Fsp3) is 0.794. The molecule has 13 nitrogen and oxygen atoms in total. The fourth-order valence-electron chi connectivity index (χ4n) is 10.9. The zero-order chi connectivity index (χ0) is 58.2. The molecule has 462 valence electrons. The number of carbonyl (C=O) groups excluding carboxylic acids is 4. The van der Waals surface area contributed by atoms with Gasteiger partial charge >= 0.3 is 17.9 Å². The lowest BCUT2D eigenvalue weighted by Gasteiger charge is -2.25. The maximum Gasteiger partial charge on any atom is 0.307 e. The zero-order valence-corrected chi connectivity index (χ0v) is 52.5. The Bertz CT molecular complexity index is 2020. The average Bonchev–Trinajstić information content (AvgIpc) is 4.01. The molecule has 81 heavy (non-hydrogen) atoms. The summed E-state index contributed by atoms with van der Waals surface area (Å²) in [5.74, 6) is 0.315. The Morgan fingerprint density at radius 1 is 0.469 bits per heavy atom. The predicted octanol–water partition coefficient (Wildman–Crippen LogP) is 17.3. The van der Waals surface area contributed by atoms with Crippen LogP contribution in [0.15, 0.2) is 30.6 Å². The predicted molar refractivity (Wildman–Crippen MR) is 337 cm³/mol. The van der Waals surface area contributed by atoms with E-state index in [1.807, 2.05) is 24.5 Å². The number of imidazole rings is 1. The van der Waals surface area contributed by atoms with Crippen molar-refractivity contribution in [2.75, 3.05) is 64.4 Å². The number of unbranched alkanes of at least 4 members (excludes halogenated alkanes) is 29. The van der Waals surface area contributed by atoms with Gasteiger partial charge in [-0.1, -0.05) is 233 Å². The Hall–Kier alpha value is -4.10. The highest BCUT2D eigenvalue weighted by Crippen LogP contribution is 2.29. The molecular formula is C68H118N6O7. The van der Waals surface area contributed by atoms with Crippen LogP contribution >= 0.6 is 0 Å². The molecule has 3 aromatic rings. The van der Waals surface area contributed by atoms with Gasteiger partial charge in [-0.3, -0.25) is 19.2 Å². The van der Waals surface area contributed by atoms with E-state index < -0.39 is 0 Å². The minimum absolute atomic E-state index is 0.0787. The standard InChI is InChI=1S/C68H118N6O7/c1-6-9-12-15-18-21-24-27-30-38-54-79-63(76)45-51-72(48-37-33-34-44-62(75)71-68-66-67(74(58-69-66)57-59(4)5)60-42-35-36-43-61(60)70-68)49-41-50-73(52-46-64(77)80-55-39-31-28-25-22-19-16-13-10-7-2)53-47-65(78)81-56-40-32-29-26-23-20-17-14-11-8-3/h35-36,42-43,58-59H,6-34,37-41,44-57H2,1-5H3,(H,70,71,75). The van der Waals surface area contributed by atoms with Gasteiger partial charge < -0.3 is 33.9 Å². The van der Waals surface area contributed by atoms with E-state index in [1.165, 1.54) is 154 Å². The maximum atomic E-state index is 13.4. The molecule has 0 bridgehead atoms. The van der Waals surface area contributed by atoms with E-state index in [9.17, 15) is 19.2 Å². The van der Waals surface area contributed by atoms with Crippen LogP contribution in [0, 0.1) is 5.92 Å². The van der Waals surface area contributed by atoms with Gasteiger partial charge in [0.1, 0.15) is 5.52 Å². The lowest BCUT2D eigenvalue weighted by atomic mass is 10.1. The number of para-hydroxylation sites is 1. The maximum absolute atomic E-state index is 13.4. The van der Waals surface area contributed by atoms with Crippen molar-refractivity contribution >= 4 is 51.6 Å². The number of esters is 3. The third kappa shape index (κ3) is 35.6. The van der Waals surface area contributed by atoms with Gasteiger partial charge in [-0.15, -0.1) is 0 Å². The Kier molecular flexibility index (Phi) is 42.4. The Labute approximate surface area is 493 Å². The molecule has 0 fully saturated rings. The van der Waals surface area contributed by atoms with Crippen LogP contribution in [0.25, 0.3) is 21.9 Å². The van der Waals surface area contributed by atoms with Crippen molar-refractivity contribution in [3.8, 4) is 0 Å². The monoisotopic (exact) mass is 1130 g/mol. The largest absolute Gasteiger partial charge is 0.466 e. The first kappa shape index (κ1) is 71.2. The van der Waals surface area contributed by atoms with Crippen LogP contribution in [-0.2, 0) is 39.9 Å². The lowest BCUT2D eigenvalue weighted by Crippen LogP contribution is -2.34. The number of hydrogen-bond acceptors (Lipinski definition) is 11. The van der Waals surface area contributed by atoms with Crippen LogP contribution < -0.4 is 5.32 Å². The number of fused-ring (bicyclic) bond motifs is 3. The summed E-state index contributed by atoms with van der Waals surface area (Å²) in [6, 6.07) is 8.02. The van der Waals surface area contributed by atoms with Crippen LogP contribution in [0.5, 0.6) is 0 Å². The summed E-state index contributed by atoms with van der Waals surface area (Å²) < 4.78 is 19.3. The summed E-state index contributed by atoms with van der Waals surface area (Å²) in [6.45, 7) is 17.2. The first-order valence-corrected chi connectivity index (χ1v) is 33.6. The quantitative estimate of drug-likeness (QED) is 0.0327. The minimum Gasteiger partial charge on any atom is -0.466 e. The van der Waals surface area contributed by atoms with E-state index in [0.717, 1.165) is 100 Å². The Morgan fingerprint density at radius 3 is 1.28 bits per heavy atom. The zero-order valence-electron chi connectivity index (χ0n) is 52.5. The van der Waals surface area contributed by atoms with Gasteiger partial charge in [0.25, 0.3) is 0 Å². The number of amides is 1. The molecule has 13 heteroatoms. The van der Waals surface area contributed by atoms with Crippen molar-refractivity contribution in [1.29, 1.82) is 0 Å². The molecule has 2 aromatic heterocycles. The van der Waals surface area contributed by atoms with Crippen molar-refractivity contribution in [2.45, 2.75) is 285 Å². The average molecular weight is 1130 g/mol. The number of nitrogens with zero attached hydrogens (tertiary/aromatic N) is 5. The van der Waals surface area contributed by atoms with E-state index >= 15 is 0 Å². The normalized spacial score (nSPS) is 11.7. The van der Waals surface area contributed by atoms with Crippen LogP contribution in [0.1, 0.15) is 279 Å². The van der Waals surface area contributed by atoms with E-state index in [-0.39, 0.29) is 36.7 Å². The number of ether oxygens (including phenoxy) is 3. The summed E-state index contributed by atoms with van der Waals surface area (Å²) in [7, 11) is 0. The highest BCUT2D eigenvalue weighted by atomic mass is 16.5. The van der Waals surface area contributed by atoms with E-state index in [1.54, 1.807) is 0 Å². The SMILES string of the molecule is CCCCCCCCCCCCOC(=O)CCN(CCCCCC(=O)Nc1nc2ccccc2c2c1ncn2CC(C)C)CCCN(CCC(=O)OCCCCCCCCCCCC)CCC(=O)OCCCCCCCCCCCC. The van der Waals surface area contributed by atoms with Crippen LogP contribution in [0.4, 0.5) is 5.82 Å². The Balaban J connectivity index is 1.54. The van der Waals surface area contributed by atoms with Crippen molar-refractivity contribution in [3.05, 3.63) is 30.6 Å². The number of benzene rings is 1. The number of anilines is 1. The number of hydrogen-bond donors (Lipinski definition) is 1. The molecular weight excluding hydrogens is 1010 g/mol. The highest BCUT2D eigenvalue weighted by molar-refractivity contribution is 6.09. The van der Waals surface area contributed by atoms with Gasteiger partial charge in [-0.05, 0) is 70.1 Å². The molecule has 0 atom stereocenters. The third-order valence-electron chi connectivity index (χ3n) is 15.8. The summed E-state index contributed by atoms with van der Waals surface area (Å²) in [5, 5.41) is 4.12. The van der Waals surface area contributed by atoms with Gasteiger partial charge in [-0.25, -0.2) is 9.97 Å². The second kappa shape index (κ2) is 48.3. The first-order valence-electron chi connectivity index (χ1n) is 33.6. The van der Waals surface area contributed by atoms with E-state index in [4.69, 9.17) is 24.2 Å². The number of rotatable bonds is 55. The van der Waals surface area contributed by atoms with Gasteiger partial charge in [0.05, 0.1) is 56.4 Å².